The van der Waals surface area contributed by atoms with Crippen LogP contribution in [0.15, 0.2) is 272 Å². The molecule has 2 heteroatoms. The second-order valence-electron chi connectivity index (χ2n) is 14.5. The Labute approximate surface area is 358 Å². The molecule has 0 N–H and O–H groups in total. The molecule has 6 rings (SSSR count). The van der Waals surface area contributed by atoms with Crippen LogP contribution in [0.4, 0.5) is 17.1 Å². The molecule has 0 spiro atoms. The van der Waals surface area contributed by atoms with E-state index in [2.05, 4.69) is 219 Å². The zero-order chi connectivity index (χ0) is 42.1. The summed E-state index contributed by atoms with van der Waals surface area (Å²) in [7, 11) is 0. The van der Waals surface area contributed by atoms with Crippen molar-refractivity contribution in [2.24, 2.45) is 0 Å². The number of anilines is 3. The number of benzene rings is 6. The van der Waals surface area contributed by atoms with Gasteiger partial charge < -0.3 is 9.80 Å². The molecule has 6 aromatic carbocycles. The summed E-state index contributed by atoms with van der Waals surface area (Å²) < 4.78 is 0. The lowest BCUT2D eigenvalue weighted by Crippen LogP contribution is -2.21. The van der Waals surface area contributed by atoms with Gasteiger partial charge in [-0.15, -0.1) is 0 Å². The summed E-state index contributed by atoms with van der Waals surface area (Å²) in [6.07, 6.45) is 24.7. The molecule has 60 heavy (non-hydrogen) atoms. The third-order valence-corrected chi connectivity index (χ3v) is 10.3. The van der Waals surface area contributed by atoms with E-state index in [1.54, 1.807) is 6.08 Å². The van der Waals surface area contributed by atoms with Crippen molar-refractivity contribution in [2.45, 2.75) is 20.8 Å². The van der Waals surface area contributed by atoms with Gasteiger partial charge in [0, 0.05) is 40.9 Å². The standard InChI is InChI=1S/C58H54N2/c1-7-9-11-20-43-59(58-30-21-28-53-27-18-19-29-57(53)58)48(6)34-33-46(4)45(3)31-32-47(5)54(22-10-8-2)44-60(55-39-35-51(36-40-55)49-23-14-12-15-24-49)56-41-37-52(38-42-56)50-25-16-13-17-26-50/h7-42,44H,2-3,5,43H2,1,4,6H3/b9-7-,20-11-,22-10-,32-31-,46-33+,48-34+,54-44-. The molecule has 0 aromatic heterocycles. The van der Waals surface area contributed by atoms with E-state index < -0.39 is 0 Å². The lowest BCUT2D eigenvalue weighted by Gasteiger charge is -2.26. The van der Waals surface area contributed by atoms with E-state index in [9.17, 15) is 0 Å². The van der Waals surface area contributed by atoms with Crippen LogP contribution >= 0.6 is 0 Å². The van der Waals surface area contributed by atoms with Gasteiger partial charge in [0.1, 0.15) is 0 Å². The lowest BCUT2D eigenvalue weighted by molar-refractivity contribution is 1.01. The summed E-state index contributed by atoms with van der Waals surface area (Å²) in [4.78, 5) is 4.57. The lowest BCUT2D eigenvalue weighted by atomic mass is 10.0. The van der Waals surface area contributed by atoms with E-state index in [4.69, 9.17) is 0 Å². The molecule has 0 fully saturated rings. The van der Waals surface area contributed by atoms with Gasteiger partial charge in [-0.2, -0.15) is 0 Å². The molecule has 0 aliphatic rings. The number of hydrogen-bond acceptors (Lipinski definition) is 2. The van der Waals surface area contributed by atoms with E-state index >= 15 is 0 Å². The first-order chi connectivity index (χ1) is 29.4. The van der Waals surface area contributed by atoms with Crippen LogP contribution in [0.5, 0.6) is 0 Å². The van der Waals surface area contributed by atoms with Gasteiger partial charge in [0.05, 0.1) is 0 Å². The van der Waals surface area contributed by atoms with Crippen LogP contribution in [0, 0.1) is 0 Å². The first-order valence-electron chi connectivity index (χ1n) is 20.4. The molecule has 0 bridgehead atoms. The van der Waals surface area contributed by atoms with Crippen LogP contribution in [0.2, 0.25) is 0 Å². The van der Waals surface area contributed by atoms with Gasteiger partial charge in [0.15, 0.2) is 0 Å². The molecule has 0 atom stereocenters. The average molecular weight is 779 g/mol. The van der Waals surface area contributed by atoms with Crippen molar-refractivity contribution in [3.05, 3.63) is 272 Å². The Morgan fingerprint density at radius 3 is 1.70 bits per heavy atom. The number of nitrogens with zero attached hydrogens (tertiary/aromatic N) is 2. The van der Waals surface area contributed by atoms with Crippen molar-refractivity contribution < 1.29 is 0 Å². The van der Waals surface area contributed by atoms with Gasteiger partial charge in [0.2, 0.25) is 0 Å². The summed E-state index contributed by atoms with van der Waals surface area (Å²) >= 11 is 0. The Morgan fingerprint density at radius 2 is 1.10 bits per heavy atom. The van der Waals surface area contributed by atoms with Crippen molar-refractivity contribution in [1.82, 2.24) is 0 Å². The van der Waals surface area contributed by atoms with Crippen molar-refractivity contribution in [2.75, 3.05) is 16.3 Å². The smallest absolute Gasteiger partial charge is 0.0490 e. The van der Waals surface area contributed by atoms with Crippen LogP contribution in [-0.4, -0.2) is 6.54 Å². The van der Waals surface area contributed by atoms with Crippen LogP contribution < -0.4 is 9.80 Å². The summed E-state index contributed by atoms with van der Waals surface area (Å²) in [5.41, 5.74) is 12.8. The maximum absolute atomic E-state index is 4.53. The molecule has 0 unspecified atom stereocenters. The number of hydrogen-bond donors (Lipinski definition) is 0. The zero-order valence-electron chi connectivity index (χ0n) is 35.1. The second-order valence-corrected chi connectivity index (χ2v) is 14.5. The molecule has 6 aromatic rings. The maximum atomic E-state index is 4.53. The quantitative estimate of drug-likeness (QED) is 0.0851. The first-order valence-corrected chi connectivity index (χ1v) is 20.4. The minimum absolute atomic E-state index is 0.743. The van der Waals surface area contributed by atoms with Crippen LogP contribution in [0.25, 0.3) is 33.0 Å². The van der Waals surface area contributed by atoms with E-state index in [0.29, 0.717) is 0 Å². The topological polar surface area (TPSA) is 6.48 Å². The highest BCUT2D eigenvalue weighted by Crippen LogP contribution is 2.33. The molecule has 0 radical (unpaired) electrons. The van der Waals surface area contributed by atoms with Crippen LogP contribution in [0.3, 0.4) is 0 Å². The Hall–Kier alpha value is -7.42. The van der Waals surface area contributed by atoms with Crippen LogP contribution in [-0.2, 0) is 0 Å². The summed E-state index contributed by atoms with van der Waals surface area (Å²) in [6, 6.07) is 53.3. The molecule has 0 amide bonds. The zero-order valence-corrected chi connectivity index (χ0v) is 35.1. The fraction of sp³-hybridized carbons (Fsp3) is 0.0690. The van der Waals surface area contributed by atoms with Gasteiger partial charge in [-0.3, -0.25) is 0 Å². The van der Waals surface area contributed by atoms with Gasteiger partial charge in [0.25, 0.3) is 0 Å². The highest BCUT2D eigenvalue weighted by Gasteiger charge is 2.12. The molecule has 2 nitrogen and oxygen atoms in total. The molecule has 0 aliphatic heterocycles. The normalized spacial score (nSPS) is 12.6. The fourth-order valence-electron chi connectivity index (χ4n) is 6.84. The molecular formula is C58H54N2. The minimum atomic E-state index is 0.743. The Kier molecular flexibility index (Phi) is 15.0. The predicted molar refractivity (Wildman–Crippen MR) is 263 cm³/mol. The Morgan fingerprint density at radius 1 is 0.550 bits per heavy atom. The monoisotopic (exact) mass is 778 g/mol. The second kappa shape index (κ2) is 21.4. The van der Waals surface area contributed by atoms with Crippen molar-refractivity contribution in [3.63, 3.8) is 0 Å². The number of rotatable bonds is 17. The summed E-state index contributed by atoms with van der Waals surface area (Å²) in [5, 5.41) is 2.44. The minimum Gasteiger partial charge on any atom is -0.341 e. The largest absolute Gasteiger partial charge is 0.341 e. The van der Waals surface area contributed by atoms with Crippen LogP contribution in [0.1, 0.15) is 20.8 Å². The van der Waals surface area contributed by atoms with E-state index in [-0.39, 0.29) is 0 Å². The highest BCUT2D eigenvalue weighted by molar-refractivity contribution is 5.95. The van der Waals surface area contributed by atoms with E-state index in [1.807, 2.05) is 49.4 Å². The first kappa shape index (κ1) is 42.2. The molecule has 0 aliphatic carbocycles. The summed E-state index contributed by atoms with van der Waals surface area (Å²) in [5.74, 6) is 0. The fourth-order valence-corrected chi connectivity index (χ4v) is 6.84. The molecule has 0 heterocycles. The van der Waals surface area contributed by atoms with Gasteiger partial charge >= 0.3 is 0 Å². The predicted octanol–water partition coefficient (Wildman–Crippen LogP) is 16.1. The van der Waals surface area contributed by atoms with Crippen molar-refractivity contribution in [3.8, 4) is 22.3 Å². The number of allylic oxidation sites excluding steroid dienone is 15. The van der Waals surface area contributed by atoms with Gasteiger partial charge in [-0.25, -0.2) is 0 Å². The van der Waals surface area contributed by atoms with Gasteiger partial charge in [-0.1, -0.05) is 202 Å². The Balaban J connectivity index is 1.28. The van der Waals surface area contributed by atoms with Gasteiger partial charge in [-0.05, 0) is 107 Å². The third kappa shape index (κ3) is 11.2. The van der Waals surface area contributed by atoms with Crippen molar-refractivity contribution in [1.29, 1.82) is 0 Å². The molecule has 0 saturated heterocycles. The number of fused-ring (bicyclic) bond motifs is 1. The van der Waals surface area contributed by atoms with Crippen molar-refractivity contribution >= 4 is 27.8 Å². The average Bonchev–Trinajstić information content (AvgIpc) is 3.30. The third-order valence-electron chi connectivity index (χ3n) is 10.3. The molecular weight excluding hydrogens is 725 g/mol. The SMILES string of the molecule is C=C/C=C\C(=C\N(c1ccc(-c2ccccc2)cc1)c1ccc(-c2ccccc2)cc1)C(=C)/C=C\C(=C)/C(C)=C/C=C(\C)N(C/C=C\C=C/C)c1cccc2ccccc12. The molecule has 0 saturated carbocycles. The summed E-state index contributed by atoms with van der Waals surface area (Å²) in [6.45, 7) is 20.0. The maximum Gasteiger partial charge on any atom is 0.0490 e. The van der Waals surface area contributed by atoms with E-state index in [1.165, 1.54) is 27.6 Å². The highest BCUT2D eigenvalue weighted by atomic mass is 15.1. The van der Waals surface area contributed by atoms with E-state index in [0.717, 1.165) is 57.0 Å². The molecule has 296 valence electrons. The Bertz CT molecular complexity index is 2520.